The van der Waals surface area contributed by atoms with Gasteiger partial charge < -0.3 is 4.74 Å². The Hall–Kier alpha value is -2.21. The number of methoxy groups -OCH3 is 1. The second-order valence-corrected chi connectivity index (χ2v) is 6.01. The molecule has 0 unspecified atom stereocenters. The number of nitrogens with zero attached hydrogens (tertiary/aromatic N) is 3. The van der Waals surface area contributed by atoms with Crippen LogP contribution in [-0.2, 0) is 0 Å². The van der Waals surface area contributed by atoms with Crippen molar-refractivity contribution in [2.45, 2.75) is 0 Å². The minimum atomic E-state index is 0.184. The largest absolute Gasteiger partial charge is 0.480 e. The highest BCUT2D eigenvalue weighted by Crippen LogP contribution is 2.39. The maximum absolute atomic E-state index is 11.0. The first-order valence-corrected chi connectivity index (χ1v) is 8.15. The first kappa shape index (κ1) is 17.6. The maximum atomic E-state index is 11.0. The molecule has 0 aliphatic carbocycles. The van der Waals surface area contributed by atoms with Crippen LogP contribution in [0, 0.1) is 0 Å². The van der Waals surface area contributed by atoms with Crippen LogP contribution in [-0.4, -0.2) is 28.3 Å². The summed E-state index contributed by atoms with van der Waals surface area (Å²) in [5.41, 5.74) is 2.50. The van der Waals surface area contributed by atoms with Gasteiger partial charge in [0.05, 0.1) is 28.4 Å². The Morgan fingerprint density at radius 3 is 2.32 bits per heavy atom. The average molecular weight is 395 g/mol. The smallest absolute Gasteiger partial charge is 0.224 e. The topological polar surface area (TPSA) is 65.0 Å². The van der Waals surface area contributed by atoms with E-state index >= 15 is 0 Å². The fourth-order valence-electron chi connectivity index (χ4n) is 2.29. The fraction of sp³-hybridized carbons (Fsp3) is 0.0588. The number of aromatic nitrogens is 3. The molecule has 3 aromatic rings. The molecular weight excluding hydrogens is 385 g/mol. The van der Waals surface area contributed by atoms with Crippen LogP contribution in [0.15, 0.2) is 36.7 Å². The molecule has 3 rings (SSSR count). The molecule has 0 fully saturated rings. The van der Waals surface area contributed by atoms with Gasteiger partial charge in [0, 0.05) is 23.5 Å². The van der Waals surface area contributed by atoms with E-state index < -0.39 is 0 Å². The third-order valence-electron chi connectivity index (χ3n) is 3.48. The molecule has 0 aliphatic heterocycles. The molecule has 0 atom stereocenters. The number of ether oxygens (including phenoxy) is 1. The Balaban J connectivity index is 2.17. The molecule has 3 aromatic heterocycles. The van der Waals surface area contributed by atoms with E-state index in [9.17, 15) is 4.79 Å². The van der Waals surface area contributed by atoms with Gasteiger partial charge in [0.15, 0.2) is 6.29 Å². The van der Waals surface area contributed by atoms with Crippen LogP contribution in [0.5, 0.6) is 5.88 Å². The van der Waals surface area contributed by atoms with E-state index in [-0.39, 0.29) is 11.0 Å². The molecule has 8 heteroatoms. The number of aldehydes is 1. The van der Waals surface area contributed by atoms with Crippen LogP contribution < -0.4 is 4.74 Å². The molecule has 0 amide bonds. The average Bonchev–Trinajstić information content (AvgIpc) is 2.64. The molecule has 0 bridgehead atoms. The highest BCUT2D eigenvalue weighted by Gasteiger charge is 2.17. The Labute approximate surface area is 158 Å². The van der Waals surface area contributed by atoms with Crippen molar-refractivity contribution in [1.29, 1.82) is 0 Å². The van der Waals surface area contributed by atoms with Gasteiger partial charge in [-0.1, -0.05) is 34.8 Å². The van der Waals surface area contributed by atoms with Gasteiger partial charge in [-0.2, -0.15) is 0 Å². The molecule has 0 aliphatic rings. The van der Waals surface area contributed by atoms with E-state index in [1.807, 2.05) is 0 Å². The van der Waals surface area contributed by atoms with Gasteiger partial charge in [-0.3, -0.25) is 9.78 Å². The fourth-order valence-corrected chi connectivity index (χ4v) is 2.97. The molecule has 5 nitrogen and oxygen atoms in total. The molecule has 0 N–H and O–H groups in total. The summed E-state index contributed by atoms with van der Waals surface area (Å²) in [5, 5.41) is 0.828. The minimum Gasteiger partial charge on any atom is -0.480 e. The molecule has 0 saturated carbocycles. The molecule has 25 heavy (non-hydrogen) atoms. The second kappa shape index (κ2) is 7.35. The third kappa shape index (κ3) is 3.31. The lowest BCUT2D eigenvalue weighted by molar-refractivity contribution is 0.112. The highest BCUT2D eigenvalue weighted by atomic mass is 35.5. The van der Waals surface area contributed by atoms with Crippen molar-refractivity contribution < 1.29 is 9.53 Å². The quantitative estimate of drug-likeness (QED) is 0.461. The summed E-state index contributed by atoms with van der Waals surface area (Å²) in [6.07, 6.45) is 3.79. The van der Waals surface area contributed by atoms with Crippen LogP contribution in [0.4, 0.5) is 0 Å². The molecule has 3 heterocycles. The summed E-state index contributed by atoms with van der Waals surface area (Å²) in [6, 6.07) is 6.67. The number of carbonyl (C=O) groups is 1. The Morgan fingerprint density at radius 1 is 0.960 bits per heavy atom. The van der Waals surface area contributed by atoms with Crippen molar-refractivity contribution in [2.24, 2.45) is 0 Å². The van der Waals surface area contributed by atoms with E-state index in [0.29, 0.717) is 44.4 Å². The van der Waals surface area contributed by atoms with Crippen molar-refractivity contribution >= 4 is 41.1 Å². The number of rotatable bonds is 4. The predicted molar refractivity (Wildman–Crippen MR) is 97.7 cm³/mol. The van der Waals surface area contributed by atoms with E-state index in [1.54, 1.807) is 36.7 Å². The summed E-state index contributed by atoms with van der Waals surface area (Å²) in [5.74, 6) is 0.195. The van der Waals surface area contributed by atoms with E-state index in [1.165, 1.54) is 7.11 Å². The normalized spacial score (nSPS) is 10.6. The zero-order chi connectivity index (χ0) is 18.0. The van der Waals surface area contributed by atoms with Crippen LogP contribution in [0.1, 0.15) is 10.4 Å². The Kier molecular flexibility index (Phi) is 5.18. The van der Waals surface area contributed by atoms with Gasteiger partial charge in [0.25, 0.3) is 0 Å². The van der Waals surface area contributed by atoms with Crippen molar-refractivity contribution in [1.82, 2.24) is 15.0 Å². The number of hydrogen-bond donors (Lipinski definition) is 0. The van der Waals surface area contributed by atoms with Crippen LogP contribution in [0.3, 0.4) is 0 Å². The zero-order valence-corrected chi connectivity index (χ0v) is 15.1. The molecular formula is C17H10Cl3N3O2. The van der Waals surface area contributed by atoms with E-state index in [4.69, 9.17) is 39.5 Å². The van der Waals surface area contributed by atoms with Gasteiger partial charge in [-0.05, 0) is 24.3 Å². The predicted octanol–water partition coefficient (Wildman–Crippen LogP) is 4.99. The third-order valence-corrected chi connectivity index (χ3v) is 4.63. The number of halogens is 3. The SMILES string of the molecule is COc1nc(-c2nccc(-c3ccnc(Cl)c3Cl)c2Cl)ccc1C=O. The van der Waals surface area contributed by atoms with Gasteiger partial charge in [0.1, 0.15) is 10.8 Å². The van der Waals surface area contributed by atoms with Crippen LogP contribution in [0.25, 0.3) is 22.5 Å². The molecule has 0 spiro atoms. The number of carbonyl (C=O) groups excluding carboxylic acids is 1. The van der Waals surface area contributed by atoms with Gasteiger partial charge in [0.2, 0.25) is 5.88 Å². The number of pyridine rings is 3. The first-order valence-electron chi connectivity index (χ1n) is 7.02. The van der Waals surface area contributed by atoms with Crippen LogP contribution >= 0.6 is 34.8 Å². The summed E-state index contributed by atoms with van der Waals surface area (Å²) < 4.78 is 5.13. The summed E-state index contributed by atoms with van der Waals surface area (Å²) >= 11 is 18.8. The summed E-state index contributed by atoms with van der Waals surface area (Å²) in [7, 11) is 1.43. The lowest BCUT2D eigenvalue weighted by Crippen LogP contribution is -1.97. The zero-order valence-electron chi connectivity index (χ0n) is 12.8. The van der Waals surface area contributed by atoms with Crippen molar-refractivity contribution in [3.8, 4) is 28.4 Å². The minimum absolute atomic E-state index is 0.184. The maximum Gasteiger partial charge on any atom is 0.224 e. The van der Waals surface area contributed by atoms with Crippen LogP contribution in [0.2, 0.25) is 15.2 Å². The van der Waals surface area contributed by atoms with E-state index in [0.717, 1.165) is 0 Å². The monoisotopic (exact) mass is 393 g/mol. The van der Waals surface area contributed by atoms with Gasteiger partial charge in [-0.25, -0.2) is 9.97 Å². The molecule has 126 valence electrons. The van der Waals surface area contributed by atoms with Gasteiger partial charge in [-0.15, -0.1) is 0 Å². The molecule has 0 radical (unpaired) electrons. The molecule has 0 saturated heterocycles. The van der Waals surface area contributed by atoms with Gasteiger partial charge >= 0.3 is 0 Å². The van der Waals surface area contributed by atoms with Crippen molar-refractivity contribution in [2.75, 3.05) is 7.11 Å². The lowest BCUT2D eigenvalue weighted by Gasteiger charge is -2.11. The van der Waals surface area contributed by atoms with E-state index in [2.05, 4.69) is 15.0 Å². The Bertz CT molecular complexity index is 964. The summed E-state index contributed by atoms with van der Waals surface area (Å²) in [4.78, 5) is 23.5. The highest BCUT2D eigenvalue weighted by molar-refractivity contribution is 6.43. The number of hydrogen-bond acceptors (Lipinski definition) is 5. The van der Waals surface area contributed by atoms with Crippen molar-refractivity contribution in [3.63, 3.8) is 0 Å². The summed E-state index contributed by atoms with van der Waals surface area (Å²) in [6.45, 7) is 0. The second-order valence-electron chi connectivity index (χ2n) is 4.90. The molecule has 0 aromatic carbocycles. The first-order chi connectivity index (χ1) is 12.1. The Morgan fingerprint density at radius 2 is 1.64 bits per heavy atom. The van der Waals surface area contributed by atoms with Crippen molar-refractivity contribution in [3.05, 3.63) is 57.4 Å². The standard InChI is InChI=1S/C17H10Cl3N3O2/c1-25-17-9(8-24)2-3-12(23-17)15-13(18)10(4-6-21-15)11-5-7-22-16(20)14(11)19/h2-8H,1H3. The lowest BCUT2D eigenvalue weighted by atomic mass is 10.1.